The summed E-state index contributed by atoms with van der Waals surface area (Å²) in [4.78, 5) is 18.1. The van der Waals surface area contributed by atoms with E-state index in [1.807, 2.05) is 57.1 Å². The molecule has 0 radical (unpaired) electrons. The molecular formula is C16H21N3O2S. The molecule has 0 saturated heterocycles. The van der Waals surface area contributed by atoms with Crippen LogP contribution in [0.4, 0.5) is 5.69 Å². The highest BCUT2D eigenvalue weighted by atomic mass is 32.1. The molecule has 2 aromatic rings. The highest BCUT2D eigenvalue weighted by Crippen LogP contribution is 2.27. The summed E-state index contributed by atoms with van der Waals surface area (Å²) in [6, 6.07) is 7.69. The number of hydrogen-bond acceptors (Lipinski definition) is 5. The number of aliphatic hydroxyl groups is 1. The van der Waals surface area contributed by atoms with Gasteiger partial charge in [0.15, 0.2) is 0 Å². The zero-order chi connectivity index (χ0) is 16.3. The van der Waals surface area contributed by atoms with Crippen LogP contribution in [0.3, 0.4) is 0 Å². The van der Waals surface area contributed by atoms with E-state index in [4.69, 9.17) is 0 Å². The summed E-state index contributed by atoms with van der Waals surface area (Å²) in [6.45, 7) is 3.79. The Morgan fingerprint density at radius 2 is 2.09 bits per heavy atom. The van der Waals surface area contributed by atoms with E-state index in [-0.39, 0.29) is 11.9 Å². The molecule has 1 heterocycles. The highest BCUT2D eigenvalue weighted by Gasteiger charge is 2.18. The average molecular weight is 319 g/mol. The maximum absolute atomic E-state index is 11.9. The number of hydrogen-bond donors (Lipinski definition) is 2. The van der Waals surface area contributed by atoms with E-state index in [0.717, 1.165) is 11.3 Å². The molecule has 0 spiro atoms. The Bertz CT molecular complexity index is 652. The highest BCUT2D eigenvalue weighted by molar-refractivity contribution is 7.09. The van der Waals surface area contributed by atoms with Gasteiger partial charge in [-0.15, -0.1) is 11.3 Å². The van der Waals surface area contributed by atoms with Crippen molar-refractivity contribution in [3.8, 4) is 0 Å². The van der Waals surface area contributed by atoms with Crippen molar-refractivity contribution in [3.05, 3.63) is 45.9 Å². The molecule has 2 rings (SSSR count). The van der Waals surface area contributed by atoms with Crippen molar-refractivity contribution < 1.29 is 9.90 Å². The van der Waals surface area contributed by atoms with Crippen LogP contribution in [0.5, 0.6) is 0 Å². The van der Waals surface area contributed by atoms with Crippen molar-refractivity contribution in [2.45, 2.75) is 26.0 Å². The fourth-order valence-electron chi connectivity index (χ4n) is 1.97. The van der Waals surface area contributed by atoms with E-state index in [0.29, 0.717) is 10.7 Å². The van der Waals surface area contributed by atoms with E-state index in [9.17, 15) is 9.90 Å². The quantitative estimate of drug-likeness (QED) is 0.888. The van der Waals surface area contributed by atoms with Crippen LogP contribution in [0.25, 0.3) is 0 Å². The summed E-state index contributed by atoms with van der Waals surface area (Å²) in [6.07, 6.45) is -0.828. The molecule has 0 fully saturated rings. The van der Waals surface area contributed by atoms with Crippen molar-refractivity contribution >= 4 is 22.9 Å². The van der Waals surface area contributed by atoms with Crippen molar-refractivity contribution in [1.82, 2.24) is 10.3 Å². The zero-order valence-electron chi connectivity index (χ0n) is 13.2. The molecule has 22 heavy (non-hydrogen) atoms. The molecule has 2 N–H and O–H groups in total. The second-order valence-electron chi connectivity index (χ2n) is 5.59. The number of nitrogens with zero attached hydrogens (tertiary/aromatic N) is 2. The summed E-state index contributed by atoms with van der Waals surface area (Å²) in [5.41, 5.74) is 2.11. The molecule has 1 unspecified atom stereocenters. The van der Waals surface area contributed by atoms with Crippen LogP contribution in [0.2, 0.25) is 0 Å². The van der Waals surface area contributed by atoms with Gasteiger partial charge in [0.05, 0.1) is 0 Å². The number of rotatable bonds is 5. The molecule has 1 aromatic heterocycles. The van der Waals surface area contributed by atoms with E-state index in [2.05, 4.69) is 10.3 Å². The second-order valence-corrected chi connectivity index (χ2v) is 6.48. The Morgan fingerprint density at radius 3 is 2.73 bits per heavy atom. The van der Waals surface area contributed by atoms with Gasteiger partial charge in [-0.3, -0.25) is 4.79 Å². The number of aromatic nitrogens is 1. The van der Waals surface area contributed by atoms with Gasteiger partial charge in [0.25, 0.3) is 5.91 Å². The third-order valence-electron chi connectivity index (χ3n) is 3.11. The van der Waals surface area contributed by atoms with E-state index in [1.54, 1.807) is 5.38 Å². The smallest absolute Gasteiger partial charge is 0.270 e. The lowest BCUT2D eigenvalue weighted by Gasteiger charge is -2.15. The van der Waals surface area contributed by atoms with Crippen LogP contribution in [0, 0.1) is 0 Å². The first-order chi connectivity index (χ1) is 10.4. The molecule has 1 amide bonds. The minimum Gasteiger partial charge on any atom is -0.381 e. The fraction of sp³-hybridized carbons (Fsp3) is 0.375. The molecule has 1 atom stereocenters. The molecule has 118 valence electrons. The van der Waals surface area contributed by atoms with E-state index in [1.165, 1.54) is 11.3 Å². The molecular weight excluding hydrogens is 298 g/mol. The lowest BCUT2D eigenvalue weighted by Crippen LogP contribution is -2.30. The zero-order valence-corrected chi connectivity index (χ0v) is 14.0. The van der Waals surface area contributed by atoms with Gasteiger partial charge in [-0.05, 0) is 31.5 Å². The van der Waals surface area contributed by atoms with Gasteiger partial charge in [-0.1, -0.05) is 12.1 Å². The van der Waals surface area contributed by atoms with Crippen molar-refractivity contribution in [3.63, 3.8) is 0 Å². The number of benzene rings is 1. The number of thiazole rings is 1. The Kier molecular flexibility index (Phi) is 5.15. The first kappa shape index (κ1) is 16.5. The Hall–Kier alpha value is -1.92. The number of aliphatic hydroxyl groups excluding tert-OH is 1. The number of amides is 1. The predicted octanol–water partition coefficient (Wildman–Crippen LogP) is 2.43. The average Bonchev–Trinajstić information content (AvgIpc) is 2.95. The molecule has 0 saturated carbocycles. The lowest BCUT2D eigenvalue weighted by atomic mass is 10.1. The maximum Gasteiger partial charge on any atom is 0.270 e. The Morgan fingerprint density at radius 1 is 1.36 bits per heavy atom. The molecule has 5 nitrogen and oxygen atoms in total. The SMILES string of the molecule is CC(C)NC(=O)c1csc(C(O)c2cccc(N(C)C)c2)n1. The number of carbonyl (C=O) groups excluding carboxylic acids is 1. The van der Waals surface area contributed by atoms with Crippen LogP contribution in [0.1, 0.15) is 41.0 Å². The van der Waals surface area contributed by atoms with Gasteiger partial charge in [0, 0.05) is 31.2 Å². The van der Waals surface area contributed by atoms with Gasteiger partial charge in [-0.2, -0.15) is 0 Å². The van der Waals surface area contributed by atoms with Gasteiger partial charge >= 0.3 is 0 Å². The molecule has 6 heteroatoms. The van der Waals surface area contributed by atoms with Crippen molar-refractivity contribution in [2.75, 3.05) is 19.0 Å². The third-order valence-corrected chi connectivity index (χ3v) is 4.01. The van der Waals surface area contributed by atoms with Gasteiger partial charge in [-0.25, -0.2) is 4.98 Å². The van der Waals surface area contributed by atoms with Crippen LogP contribution in [0.15, 0.2) is 29.6 Å². The van der Waals surface area contributed by atoms with Gasteiger partial charge in [0.2, 0.25) is 0 Å². The maximum atomic E-state index is 11.9. The lowest BCUT2D eigenvalue weighted by molar-refractivity contribution is 0.0938. The summed E-state index contributed by atoms with van der Waals surface area (Å²) in [7, 11) is 3.90. The number of carbonyl (C=O) groups is 1. The van der Waals surface area contributed by atoms with Gasteiger partial charge in [0.1, 0.15) is 16.8 Å². The van der Waals surface area contributed by atoms with Crippen molar-refractivity contribution in [2.24, 2.45) is 0 Å². The van der Waals surface area contributed by atoms with Crippen LogP contribution < -0.4 is 10.2 Å². The van der Waals surface area contributed by atoms with Crippen LogP contribution >= 0.6 is 11.3 Å². The number of nitrogens with one attached hydrogen (secondary N) is 1. The summed E-state index contributed by atoms with van der Waals surface area (Å²) < 4.78 is 0. The minimum atomic E-state index is -0.828. The summed E-state index contributed by atoms with van der Waals surface area (Å²) in [5, 5.41) is 15.5. The second kappa shape index (κ2) is 6.89. The molecule has 1 aromatic carbocycles. The first-order valence-electron chi connectivity index (χ1n) is 7.10. The standard InChI is InChI=1S/C16H21N3O2S/c1-10(2)17-15(21)13-9-22-16(18-13)14(20)11-6-5-7-12(8-11)19(3)4/h5-10,14,20H,1-4H3,(H,17,21). The monoisotopic (exact) mass is 319 g/mol. The predicted molar refractivity (Wildman–Crippen MR) is 89.5 cm³/mol. The van der Waals surface area contributed by atoms with Crippen LogP contribution in [-0.4, -0.2) is 36.1 Å². The molecule has 0 aliphatic carbocycles. The molecule has 0 aliphatic rings. The van der Waals surface area contributed by atoms with Gasteiger partial charge < -0.3 is 15.3 Å². The number of anilines is 1. The fourth-order valence-corrected chi connectivity index (χ4v) is 2.78. The molecule has 0 aliphatic heterocycles. The topological polar surface area (TPSA) is 65.5 Å². The third kappa shape index (κ3) is 3.84. The minimum absolute atomic E-state index is 0.0550. The summed E-state index contributed by atoms with van der Waals surface area (Å²) in [5.74, 6) is -0.216. The van der Waals surface area contributed by atoms with E-state index < -0.39 is 6.10 Å². The largest absolute Gasteiger partial charge is 0.381 e. The van der Waals surface area contributed by atoms with Crippen LogP contribution in [-0.2, 0) is 0 Å². The Balaban J connectivity index is 2.20. The molecule has 0 bridgehead atoms. The van der Waals surface area contributed by atoms with Crippen molar-refractivity contribution in [1.29, 1.82) is 0 Å². The Labute approximate surface area is 134 Å². The summed E-state index contributed by atoms with van der Waals surface area (Å²) >= 11 is 1.29. The first-order valence-corrected chi connectivity index (χ1v) is 7.98. The normalized spacial score (nSPS) is 12.3. The van der Waals surface area contributed by atoms with E-state index >= 15 is 0 Å².